The van der Waals surface area contributed by atoms with E-state index in [4.69, 9.17) is 5.73 Å². The number of aliphatic hydroxyl groups is 1. The standard InChI is InChI=1S/C9H11F2NO/c10-7-2-1-6(5-8(7)11)9(13)3-4-12/h1-2,5,9,13H,3-4,12H2/t9-/m1/s1. The fourth-order valence-corrected chi connectivity index (χ4v) is 1.04. The van der Waals surface area contributed by atoms with E-state index in [-0.39, 0.29) is 0 Å². The zero-order valence-electron chi connectivity index (χ0n) is 7.00. The molecule has 0 unspecified atom stereocenters. The number of nitrogens with two attached hydrogens (primary N) is 1. The largest absolute Gasteiger partial charge is 0.388 e. The Hall–Kier alpha value is -1.00. The quantitative estimate of drug-likeness (QED) is 0.750. The molecule has 1 aromatic rings. The summed E-state index contributed by atoms with van der Waals surface area (Å²) in [6, 6.07) is 3.32. The lowest BCUT2D eigenvalue weighted by molar-refractivity contribution is 0.169. The maximum absolute atomic E-state index is 12.7. The van der Waals surface area contributed by atoms with Gasteiger partial charge in [0.05, 0.1) is 6.10 Å². The van der Waals surface area contributed by atoms with E-state index in [9.17, 15) is 13.9 Å². The summed E-state index contributed by atoms with van der Waals surface area (Å²) in [7, 11) is 0. The van der Waals surface area contributed by atoms with Gasteiger partial charge in [0.15, 0.2) is 11.6 Å². The van der Waals surface area contributed by atoms with Crippen molar-refractivity contribution >= 4 is 0 Å². The van der Waals surface area contributed by atoms with Gasteiger partial charge in [0.25, 0.3) is 0 Å². The van der Waals surface area contributed by atoms with Gasteiger partial charge < -0.3 is 10.8 Å². The van der Waals surface area contributed by atoms with Crippen LogP contribution in [0.15, 0.2) is 18.2 Å². The van der Waals surface area contributed by atoms with Crippen molar-refractivity contribution in [2.45, 2.75) is 12.5 Å². The third kappa shape index (κ3) is 2.47. The van der Waals surface area contributed by atoms with Crippen molar-refractivity contribution < 1.29 is 13.9 Å². The van der Waals surface area contributed by atoms with Crippen molar-refractivity contribution in [3.05, 3.63) is 35.4 Å². The van der Waals surface area contributed by atoms with Gasteiger partial charge in [-0.05, 0) is 30.7 Å². The van der Waals surface area contributed by atoms with Gasteiger partial charge >= 0.3 is 0 Å². The van der Waals surface area contributed by atoms with E-state index < -0.39 is 17.7 Å². The van der Waals surface area contributed by atoms with E-state index in [0.29, 0.717) is 18.5 Å². The second-order valence-corrected chi connectivity index (χ2v) is 2.77. The Labute approximate surface area is 75.0 Å². The second-order valence-electron chi connectivity index (χ2n) is 2.77. The molecule has 0 saturated heterocycles. The second kappa shape index (κ2) is 4.30. The molecule has 0 aliphatic heterocycles. The summed E-state index contributed by atoms with van der Waals surface area (Å²) in [5.41, 5.74) is 5.56. The molecule has 0 bridgehead atoms. The van der Waals surface area contributed by atoms with Crippen molar-refractivity contribution in [1.82, 2.24) is 0 Å². The van der Waals surface area contributed by atoms with Crippen LogP contribution >= 0.6 is 0 Å². The highest BCUT2D eigenvalue weighted by atomic mass is 19.2. The average molecular weight is 187 g/mol. The van der Waals surface area contributed by atoms with Crippen LogP contribution in [0.1, 0.15) is 18.1 Å². The summed E-state index contributed by atoms with van der Waals surface area (Å²) in [6.45, 7) is 0.306. The lowest BCUT2D eigenvalue weighted by atomic mass is 10.1. The van der Waals surface area contributed by atoms with Crippen LogP contribution in [0, 0.1) is 11.6 Å². The van der Waals surface area contributed by atoms with E-state index in [0.717, 1.165) is 12.1 Å². The first-order chi connectivity index (χ1) is 6.15. The first-order valence-corrected chi connectivity index (χ1v) is 3.98. The van der Waals surface area contributed by atoms with E-state index in [1.165, 1.54) is 6.07 Å². The Kier molecular flexibility index (Phi) is 3.33. The van der Waals surface area contributed by atoms with Crippen molar-refractivity contribution in [3.8, 4) is 0 Å². The molecule has 0 spiro atoms. The van der Waals surface area contributed by atoms with Crippen molar-refractivity contribution in [3.63, 3.8) is 0 Å². The Morgan fingerprint density at radius 3 is 2.54 bits per heavy atom. The third-order valence-electron chi connectivity index (χ3n) is 1.77. The van der Waals surface area contributed by atoms with Crippen LogP contribution in [-0.4, -0.2) is 11.7 Å². The Morgan fingerprint density at radius 1 is 1.31 bits per heavy atom. The Balaban J connectivity index is 2.84. The van der Waals surface area contributed by atoms with Crippen molar-refractivity contribution in [1.29, 1.82) is 0 Å². The first-order valence-electron chi connectivity index (χ1n) is 3.98. The van der Waals surface area contributed by atoms with E-state index >= 15 is 0 Å². The maximum Gasteiger partial charge on any atom is 0.159 e. The minimum Gasteiger partial charge on any atom is -0.388 e. The van der Waals surface area contributed by atoms with Crippen LogP contribution in [-0.2, 0) is 0 Å². The summed E-state index contributed by atoms with van der Waals surface area (Å²) in [5.74, 6) is -1.86. The fraction of sp³-hybridized carbons (Fsp3) is 0.333. The molecule has 0 fully saturated rings. The molecule has 2 nitrogen and oxygen atoms in total. The number of aliphatic hydroxyl groups excluding tert-OH is 1. The van der Waals surface area contributed by atoms with Gasteiger partial charge in [-0.15, -0.1) is 0 Å². The molecule has 0 aliphatic carbocycles. The molecule has 72 valence electrons. The van der Waals surface area contributed by atoms with Gasteiger partial charge in [-0.25, -0.2) is 8.78 Å². The maximum atomic E-state index is 12.7. The summed E-state index contributed by atoms with van der Waals surface area (Å²) in [5, 5.41) is 9.37. The molecule has 3 N–H and O–H groups in total. The van der Waals surface area contributed by atoms with Crippen LogP contribution in [0.2, 0.25) is 0 Å². The van der Waals surface area contributed by atoms with Crippen LogP contribution in [0.4, 0.5) is 8.78 Å². The Morgan fingerprint density at radius 2 is 2.00 bits per heavy atom. The normalized spacial score (nSPS) is 12.9. The number of hydrogen-bond acceptors (Lipinski definition) is 2. The fourth-order valence-electron chi connectivity index (χ4n) is 1.04. The predicted molar refractivity (Wildman–Crippen MR) is 45.0 cm³/mol. The molecular formula is C9H11F2NO. The van der Waals surface area contributed by atoms with Crippen LogP contribution in [0.3, 0.4) is 0 Å². The monoisotopic (exact) mass is 187 g/mol. The van der Waals surface area contributed by atoms with E-state index in [2.05, 4.69) is 0 Å². The number of rotatable bonds is 3. The summed E-state index contributed by atoms with van der Waals surface area (Å²) < 4.78 is 25.1. The predicted octanol–water partition coefficient (Wildman–Crippen LogP) is 1.35. The molecule has 4 heteroatoms. The van der Waals surface area contributed by atoms with Gasteiger partial charge in [0.2, 0.25) is 0 Å². The molecule has 0 saturated carbocycles. The zero-order valence-corrected chi connectivity index (χ0v) is 7.00. The minimum absolute atomic E-state index is 0.306. The van der Waals surface area contributed by atoms with Crippen LogP contribution in [0.5, 0.6) is 0 Å². The molecule has 0 amide bonds. The molecule has 0 radical (unpaired) electrons. The number of benzene rings is 1. The highest BCUT2D eigenvalue weighted by Gasteiger charge is 2.09. The first kappa shape index (κ1) is 10.1. The third-order valence-corrected chi connectivity index (χ3v) is 1.77. The molecule has 13 heavy (non-hydrogen) atoms. The number of hydrogen-bond donors (Lipinski definition) is 2. The average Bonchev–Trinajstić information content (AvgIpc) is 2.10. The van der Waals surface area contributed by atoms with Crippen molar-refractivity contribution in [2.24, 2.45) is 5.73 Å². The van der Waals surface area contributed by atoms with Gasteiger partial charge in [-0.1, -0.05) is 6.07 Å². The molecule has 1 aromatic carbocycles. The van der Waals surface area contributed by atoms with E-state index in [1.807, 2.05) is 0 Å². The SMILES string of the molecule is NCC[C@@H](O)c1ccc(F)c(F)c1. The molecule has 1 rings (SSSR count). The highest BCUT2D eigenvalue weighted by molar-refractivity contribution is 5.19. The van der Waals surface area contributed by atoms with E-state index in [1.54, 1.807) is 0 Å². The summed E-state index contributed by atoms with van der Waals surface area (Å²) in [4.78, 5) is 0. The molecule has 1 atom stereocenters. The van der Waals surface area contributed by atoms with Gasteiger partial charge in [0, 0.05) is 0 Å². The minimum atomic E-state index is -0.950. The highest BCUT2D eigenvalue weighted by Crippen LogP contribution is 2.18. The van der Waals surface area contributed by atoms with Crippen molar-refractivity contribution in [2.75, 3.05) is 6.54 Å². The molecule has 0 aromatic heterocycles. The zero-order chi connectivity index (χ0) is 9.84. The lowest BCUT2D eigenvalue weighted by Gasteiger charge is -2.09. The molecular weight excluding hydrogens is 176 g/mol. The Bertz CT molecular complexity index is 291. The molecule has 0 heterocycles. The van der Waals surface area contributed by atoms with Gasteiger partial charge in [-0.3, -0.25) is 0 Å². The number of halogens is 2. The summed E-state index contributed by atoms with van der Waals surface area (Å²) >= 11 is 0. The lowest BCUT2D eigenvalue weighted by Crippen LogP contribution is -2.07. The van der Waals surface area contributed by atoms with Crippen LogP contribution in [0.25, 0.3) is 0 Å². The van der Waals surface area contributed by atoms with Gasteiger partial charge in [-0.2, -0.15) is 0 Å². The summed E-state index contributed by atoms with van der Waals surface area (Å²) in [6.07, 6.45) is -0.481. The molecule has 0 aliphatic rings. The topological polar surface area (TPSA) is 46.2 Å². The van der Waals surface area contributed by atoms with Gasteiger partial charge in [0.1, 0.15) is 0 Å². The smallest absolute Gasteiger partial charge is 0.159 e. The van der Waals surface area contributed by atoms with Crippen LogP contribution < -0.4 is 5.73 Å².